The van der Waals surface area contributed by atoms with Gasteiger partial charge in [0.1, 0.15) is 35.5 Å². The van der Waals surface area contributed by atoms with Gasteiger partial charge in [-0.15, -0.1) is 0 Å². The number of rotatable bonds is 9. The van der Waals surface area contributed by atoms with Gasteiger partial charge in [0.25, 0.3) is 0 Å². The number of aliphatic hydroxyl groups excluding tert-OH is 5. The zero-order valence-electron chi connectivity index (χ0n) is 21.8. The standard InChI is InChI=1S/C28H40F2O6/c1-26(2,3)18-9-7-16(11-20(18)29)13-22(32)24(34)28(36,25(35)23(33)15-31)14-17-8-10-19(21(30)12-17)27(4,5)6/h7-12,22-25,31-36H,13-15H2,1-6H3/t22?,23-,24+,25+,28+/m0/s1. The van der Waals surface area contributed by atoms with Crippen molar-refractivity contribution >= 4 is 0 Å². The summed E-state index contributed by atoms with van der Waals surface area (Å²) in [6, 6.07) is 8.62. The van der Waals surface area contributed by atoms with Gasteiger partial charge in [-0.1, -0.05) is 65.8 Å². The van der Waals surface area contributed by atoms with Crippen molar-refractivity contribution in [3.63, 3.8) is 0 Å². The van der Waals surface area contributed by atoms with Crippen LogP contribution in [0.1, 0.15) is 63.8 Å². The molecule has 6 nitrogen and oxygen atoms in total. The summed E-state index contributed by atoms with van der Waals surface area (Å²) in [6.45, 7) is 10.1. The zero-order chi connectivity index (χ0) is 27.6. The zero-order valence-corrected chi connectivity index (χ0v) is 21.8. The van der Waals surface area contributed by atoms with Crippen LogP contribution in [-0.4, -0.2) is 67.3 Å². The third kappa shape index (κ3) is 6.88. The molecule has 2 aromatic carbocycles. The summed E-state index contributed by atoms with van der Waals surface area (Å²) >= 11 is 0. The fraction of sp³-hybridized carbons (Fsp3) is 0.571. The van der Waals surface area contributed by atoms with Crippen LogP contribution in [0.3, 0.4) is 0 Å². The number of halogens is 2. The monoisotopic (exact) mass is 510 g/mol. The minimum absolute atomic E-state index is 0.194. The number of hydrogen-bond donors (Lipinski definition) is 6. The lowest BCUT2D eigenvalue weighted by Gasteiger charge is -2.41. The second kappa shape index (κ2) is 11.2. The molecule has 0 bridgehead atoms. The van der Waals surface area contributed by atoms with Gasteiger partial charge in [-0.05, 0) is 45.2 Å². The maximum atomic E-state index is 14.8. The molecule has 0 radical (unpaired) electrons. The van der Waals surface area contributed by atoms with E-state index in [1.807, 2.05) is 41.5 Å². The minimum atomic E-state index is -2.57. The number of benzene rings is 2. The lowest BCUT2D eigenvalue weighted by Crippen LogP contribution is -2.62. The first-order valence-corrected chi connectivity index (χ1v) is 12.0. The predicted molar refractivity (Wildman–Crippen MR) is 134 cm³/mol. The third-order valence-electron chi connectivity index (χ3n) is 6.56. The Kier molecular flexibility index (Phi) is 9.43. The first-order valence-electron chi connectivity index (χ1n) is 12.0. The van der Waals surface area contributed by atoms with E-state index in [0.717, 1.165) is 6.07 Å². The molecule has 2 aromatic rings. The highest BCUT2D eigenvalue weighted by Crippen LogP contribution is 2.31. The molecule has 0 aromatic heterocycles. The molecule has 0 heterocycles. The van der Waals surface area contributed by atoms with Crippen LogP contribution >= 0.6 is 0 Å². The first kappa shape index (κ1) is 30.3. The van der Waals surface area contributed by atoms with Crippen molar-refractivity contribution in [2.45, 2.75) is 95.2 Å². The van der Waals surface area contributed by atoms with Crippen LogP contribution in [0.15, 0.2) is 36.4 Å². The molecule has 2 rings (SSSR count). The molecule has 8 heteroatoms. The van der Waals surface area contributed by atoms with Crippen molar-refractivity contribution in [2.75, 3.05) is 6.61 Å². The summed E-state index contributed by atoms with van der Waals surface area (Å²) in [5, 5.41) is 63.0. The van der Waals surface area contributed by atoms with Crippen LogP contribution in [0.4, 0.5) is 8.78 Å². The first-order chi connectivity index (χ1) is 16.4. The third-order valence-corrected chi connectivity index (χ3v) is 6.56. The largest absolute Gasteiger partial charge is 0.394 e. The van der Waals surface area contributed by atoms with Gasteiger partial charge in [0.05, 0.1) is 12.7 Å². The van der Waals surface area contributed by atoms with E-state index in [2.05, 4.69) is 0 Å². The van der Waals surface area contributed by atoms with Gasteiger partial charge in [-0.2, -0.15) is 0 Å². The SMILES string of the molecule is CC(C)(C)c1ccc(CC(O)[C@@H](O)[C@](O)(Cc2ccc(C(C)(C)C)c(F)c2)[C@H](O)[C@@H](O)CO)cc1F. The highest BCUT2D eigenvalue weighted by molar-refractivity contribution is 5.32. The molecule has 0 saturated carbocycles. The molecule has 0 aliphatic rings. The molecular formula is C28H40F2O6. The van der Waals surface area contributed by atoms with E-state index in [-0.39, 0.29) is 12.0 Å². The predicted octanol–water partition coefficient (Wildman–Crippen LogP) is 2.51. The van der Waals surface area contributed by atoms with E-state index in [9.17, 15) is 39.4 Å². The fourth-order valence-electron chi connectivity index (χ4n) is 4.40. The van der Waals surface area contributed by atoms with Crippen molar-refractivity contribution in [1.82, 2.24) is 0 Å². The van der Waals surface area contributed by atoms with Gasteiger partial charge in [0.2, 0.25) is 0 Å². The van der Waals surface area contributed by atoms with Crippen LogP contribution < -0.4 is 0 Å². The molecule has 36 heavy (non-hydrogen) atoms. The Morgan fingerprint density at radius 1 is 0.694 bits per heavy atom. The Balaban J connectivity index is 2.38. The van der Waals surface area contributed by atoms with E-state index in [4.69, 9.17) is 0 Å². The average molecular weight is 511 g/mol. The van der Waals surface area contributed by atoms with Gasteiger partial charge < -0.3 is 30.6 Å². The second-order valence-corrected chi connectivity index (χ2v) is 11.7. The Bertz CT molecular complexity index is 1030. The van der Waals surface area contributed by atoms with Crippen LogP contribution in [0, 0.1) is 11.6 Å². The van der Waals surface area contributed by atoms with Gasteiger partial charge >= 0.3 is 0 Å². The Morgan fingerprint density at radius 2 is 1.11 bits per heavy atom. The quantitative estimate of drug-likeness (QED) is 0.308. The van der Waals surface area contributed by atoms with Gasteiger partial charge in [0, 0.05) is 12.8 Å². The Morgan fingerprint density at radius 3 is 1.53 bits per heavy atom. The molecule has 0 spiro atoms. The van der Waals surface area contributed by atoms with Crippen molar-refractivity contribution in [3.05, 3.63) is 70.3 Å². The van der Waals surface area contributed by atoms with E-state index in [1.54, 1.807) is 12.1 Å². The van der Waals surface area contributed by atoms with E-state index in [1.165, 1.54) is 18.2 Å². The molecule has 202 valence electrons. The van der Waals surface area contributed by atoms with Gasteiger partial charge in [-0.3, -0.25) is 0 Å². The fourth-order valence-corrected chi connectivity index (χ4v) is 4.40. The Labute approximate surface area is 211 Å². The lowest BCUT2D eigenvalue weighted by atomic mass is 9.77. The summed E-state index contributed by atoms with van der Waals surface area (Å²) in [4.78, 5) is 0. The van der Waals surface area contributed by atoms with Crippen molar-refractivity contribution in [3.8, 4) is 0 Å². The summed E-state index contributed by atoms with van der Waals surface area (Å²) in [5.41, 5.74) is -2.07. The van der Waals surface area contributed by atoms with Gasteiger partial charge in [0.15, 0.2) is 0 Å². The van der Waals surface area contributed by atoms with E-state index < -0.39 is 65.5 Å². The van der Waals surface area contributed by atoms with Gasteiger partial charge in [-0.25, -0.2) is 8.78 Å². The molecule has 0 fully saturated rings. The lowest BCUT2D eigenvalue weighted by molar-refractivity contribution is -0.203. The number of hydrogen-bond acceptors (Lipinski definition) is 6. The summed E-state index contributed by atoms with van der Waals surface area (Å²) < 4.78 is 29.4. The highest BCUT2D eigenvalue weighted by atomic mass is 19.1. The summed E-state index contributed by atoms with van der Waals surface area (Å²) in [6.07, 6.45) is -8.47. The average Bonchev–Trinajstić information content (AvgIpc) is 2.75. The van der Waals surface area contributed by atoms with E-state index in [0.29, 0.717) is 16.7 Å². The topological polar surface area (TPSA) is 121 Å². The molecule has 0 amide bonds. The second-order valence-electron chi connectivity index (χ2n) is 11.7. The Hall–Kier alpha value is -1.94. The molecule has 6 N–H and O–H groups in total. The highest BCUT2D eigenvalue weighted by Gasteiger charge is 2.48. The molecule has 5 atom stereocenters. The van der Waals surface area contributed by atoms with Crippen LogP contribution in [0.25, 0.3) is 0 Å². The summed E-state index contributed by atoms with van der Waals surface area (Å²) in [5.74, 6) is -1.04. The molecular weight excluding hydrogens is 470 g/mol. The normalized spacial score (nSPS) is 17.8. The number of aliphatic hydroxyl groups is 6. The molecule has 0 aliphatic carbocycles. The summed E-state index contributed by atoms with van der Waals surface area (Å²) in [7, 11) is 0. The maximum Gasteiger partial charge on any atom is 0.127 e. The maximum absolute atomic E-state index is 14.8. The van der Waals surface area contributed by atoms with Crippen LogP contribution in [0.2, 0.25) is 0 Å². The van der Waals surface area contributed by atoms with E-state index >= 15 is 0 Å². The van der Waals surface area contributed by atoms with Crippen LogP contribution in [0.5, 0.6) is 0 Å². The van der Waals surface area contributed by atoms with Crippen molar-refractivity contribution in [1.29, 1.82) is 0 Å². The van der Waals surface area contributed by atoms with Crippen LogP contribution in [-0.2, 0) is 23.7 Å². The molecule has 0 aliphatic heterocycles. The minimum Gasteiger partial charge on any atom is -0.394 e. The molecule has 0 saturated heterocycles. The smallest absolute Gasteiger partial charge is 0.127 e. The van der Waals surface area contributed by atoms with Crippen molar-refractivity contribution < 1.29 is 39.4 Å². The molecule has 1 unspecified atom stereocenters. The van der Waals surface area contributed by atoms with Crippen molar-refractivity contribution in [2.24, 2.45) is 0 Å².